The van der Waals surface area contributed by atoms with Crippen molar-refractivity contribution in [2.45, 2.75) is 4.90 Å². The molecule has 0 atom stereocenters. The smallest absolute Gasteiger partial charge is 0.339 e. The summed E-state index contributed by atoms with van der Waals surface area (Å²) in [5, 5.41) is 17.5. The van der Waals surface area contributed by atoms with Crippen molar-refractivity contribution in [1.82, 2.24) is 0 Å². The van der Waals surface area contributed by atoms with E-state index in [0.717, 1.165) is 12.1 Å². The molecule has 6 nitrogen and oxygen atoms in total. The summed E-state index contributed by atoms with van der Waals surface area (Å²) in [5.74, 6) is -2.04. The molecule has 0 saturated carbocycles. The van der Waals surface area contributed by atoms with E-state index in [1.165, 1.54) is 0 Å². The van der Waals surface area contributed by atoms with Crippen molar-refractivity contribution in [3.8, 4) is 5.75 Å². The topological polar surface area (TPSA) is 112 Å². The van der Waals surface area contributed by atoms with Gasteiger partial charge in [-0.3, -0.25) is 4.55 Å². The normalized spacial score (nSPS) is 10.5. The second-order valence-corrected chi connectivity index (χ2v) is 3.88. The summed E-state index contributed by atoms with van der Waals surface area (Å²) < 4.78 is 29.8. The van der Waals surface area contributed by atoms with Crippen LogP contribution in [0.1, 0.15) is 10.4 Å². The van der Waals surface area contributed by atoms with Gasteiger partial charge in [-0.15, -0.1) is 0 Å². The fraction of sp³-hybridized carbons (Fsp3) is 0. The summed E-state index contributed by atoms with van der Waals surface area (Å²) in [7, 11) is -4.45. The first-order valence-corrected chi connectivity index (χ1v) is 4.80. The van der Waals surface area contributed by atoms with Crippen molar-refractivity contribution in [1.29, 1.82) is 0 Å². The molecule has 0 aliphatic heterocycles. The van der Waals surface area contributed by atoms with E-state index in [0.29, 0.717) is 6.07 Å². The average molecular weight is 357 g/mol. The van der Waals surface area contributed by atoms with E-state index >= 15 is 0 Å². The molecule has 3 N–H and O–H groups in total. The molecule has 1 aromatic carbocycles. The van der Waals surface area contributed by atoms with Gasteiger partial charge in [0.05, 0.1) is 4.90 Å². The van der Waals surface area contributed by atoms with Crippen LogP contribution in [0.25, 0.3) is 0 Å². The van der Waals surface area contributed by atoms with Crippen LogP contribution in [-0.2, 0) is 10.1 Å². The minimum atomic E-state index is -4.45. The summed E-state index contributed by atoms with van der Waals surface area (Å²) in [5.41, 5.74) is -0.583. The molecule has 0 amide bonds. The fourth-order valence-corrected chi connectivity index (χ4v) is 1.35. The summed E-state index contributed by atoms with van der Waals surface area (Å²) in [6.45, 7) is 0. The number of benzene rings is 1. The fourth-order valence-electron chi connectivity index (χ4n) is 0.847. The van der Waals surface area contributed by atoms with E-state index in [1.807, 2.05) is 0 Å². The number of aromatic carboxylic acids is 1. The van der Waals surface area contributed by atoms with E-state index in [1.54, 1.807) is 0 Å². The van der Waals surface area contributed by atoms with Crippen LogP contribution in [0.4, 0.5) is 0 Å². The Balaban J connectivity index is 0.00000196. The zero-order valence-electron chi connectivity index (χ0n) is 7.28. The van der Waals surface area contributed by atoms with Crippen molar-refractivity contribution < 1.29 is 63.6 Å². The third kappa shape index (κ3) is 3.58. The second kappa shape index (κ2) is 5.08. The quantitative estimate of drug-likeness (QED) is 0.658. The number of phenols is 1. The number of carbonyl (C=O) groups is 1. The molecule has 0 saturated heterocycles. The third-order valence-corrected chi connectivity index (χ3v) is 2.35. The zero-order chi connectivity index (χ0) is 10.9. The number of hydrogen-bond acceptors (Lipinski definition) is 4. The van der Waals surface area contributed by atoms with E-state index in [2.05, 4.69) is 0 Å². The Morgan fingerprint density at radius 1 is 1.27 bits per heavy atom. The van der Waals surface area contributed by atoms with Gasteiger partial charge in [0.25, 0.3) is 10.1 Å². The third-order valence-electron chi connectivity index (χ3n) is 1.50. The first-order valence-electron chi connectivity index (χ1n) is 3.36. The van der Waals surface area contributed by atoms with Crippen molar-refractivity contribution in [2.75, 3.05) is 0 Å². The van der Waals surface area contributed by atoms with Gasteiger partial charge in [-0.25, -0.2) is 4.79 Å². The summed E-state index contributed by atoms with van der Waals surface area (Å²) >= 11 is 0. The van der Waals surface area contributed by atoms with Crippen LogP contribution < -0.4 is 0 Å². The molecular formula is C7H6LaO6S. The van der Waals surface area contributed by atoms with Crippen LogP contribution in [0.5, 0.6) is 5.75 Å². The molecule has 0 heterocycles. The van der Waals surface area contributed by atoms with Gasteiger partial charge in [0, 0.05) is 35.6 Å². The number of carboxylic acids is 1. The molecule has 0 bridgehead atoms. The first kappa shape index (κ1) is 14.6. The molecule has 0 aliphatic carbocycles. The molecule has 1 rings (SSSR count). The average Bonchev–Trinajstić information content (AvgIpc) is 2.02. The van der Waals surface area contributed by atoms with Crippen LogP contribution >= 0.6 is 0 Å². The largest absolute Gasteiger partial charge is 0.507 e. The first-order chi connectivity index (χ1) is 6.32. The molecule has 0 unspecified atom stereocenters. The Labute approximate surface area is 113 Å². The maximum atomic E-state index is 10.6. The molecule has 1 radical (unpaired) electrons. The number of carboxylic acid groups (broad SMARTS) is 1. The molecule has 79 valence electrons. The minimum Gasteiger partial charge on any atom is -0.507 e. The van der Waals surface area contributed by atoms with Crippen LogP contribution in [0.15, 0.2) is 23.1 Å². The van der Waals surface area contributed by atoms with Crippen molar-refractivity contribution in [2.24, 2.45) is 0 Å². The number of aromatic hydroxyl groups is 1. The SMILES string of the molecule is O=C(O)c1cc(S(=O)(=O)O)ccc1O.[La]. The standard InChI is InChI=1S/C7H6O6S.La/c8-6-2-1-4(14(11,12)13)3-5(6)7(9)10;/h1-3,8H,(H,9,10)(H,11,12,13);. The number of rotatable bonds is 2. The Hall–Kier alpha value is -0.405. The summed E-state index contributed by atoms with van der Waals surface area (Å²) in [4.78, 5) is 9.89. The van der Waals surface area contributed by atoms with E-state index in [9.17, 15) is 13.2 Å². The van der Waals surface area contributed by atoms with Crippen molar-refractivity contribution in [3.05, 3.63) is 23.8 Å². The van der Waals surface area contributed by atoms with E-state index in [-0.39, 0.29) is 35.6 Å². The Kier molecular flexibility index (Phi) is 4.95. The van der Waals surface area contributed by atoms with E-state index in [4.69, 9.17) is 14.8 Å². The molecule has 0 spiro atoms. The summed E-state index contributed by atoms with van der Waals surface area (Å²) in [6, 6.07) is 2.46. The zero-order valence-corrected chi connectivity index (χ0v) is 11.7. The monoisotopic (exact) mass is 357 g/mol. The summed E-state index contributed by atoms with van der Waals surface area (Å²) in [6.07, 6.45) is 0. The molecular weight excluding hydrogens is 351 g/mol. The molecule has 0 aliphatic rings. The maximum Gasteiger partial charge on any atom is 0.339 e. The molecule has 0 fully saturated rings. The van der Waals surface area contributed by atoms with Gasteiger partial charge >= 0.3 is 5.97 Å². The molecule has 8 heteroatoms. The van der Waals surface area contributed by atoms with Crippen molar-refractivity contribution >= 4 is 16.1 Å². The Morgan fingerprint density at radius 2 is 1.80 bits per heavy atom. The Morgan fingerprint density at radius 3 is 2.20 bits per heavy atom. The Bertz CT molecular complexity index is 480. The molecule has 1 aromatic rings. The van der Waals surface area contributed by atoms with Crippen LogP contribution in [0, 0.1) is 35.6 Å². The molecule has 15 heavy (non-hydrogen) atoms. The van der Waals surface area contributed by atoms with Crippen LogP contribution in [0.2, 0.25) is 0 Å². The number of hydrogen-bond donors (Lipinski definition) is 3. The van der Waals surface area contributed by atoms with Gasteiger partial charge in [0.2, 0.25) is 0 Å². The minimum absolute atomic E-state index is 0. The maximum absolute atomic E-state index is 10.6. The predicted octanol–water partition coefficient (Wildman–Crippen LogP) is 0.337. The molecule has 0 aromatic heterocycles. The van der Waals surface area contributed by atoms with Gasteiger partial charge in [0.15, 0.2) is 0 Å². The van der Waals surface area contributed by atoms with Gasteiger partial charge < -0.3 is 10.2 Å². The van der Waals surface area contributed by atoms with Crippen LogP contribution in [-0.4, -0.2) is 29.2 Å². The van der Waals surface area contributed by atoms with Gasteiger partial charge in [-0.2, -0.15) is 8.42 Å². The van der Waals surface area contributed by atoms with Gasteiger partial charge in [-0.05, 0) is 18.2 Å². The van der Waals surface area contributed by atoms with Crippen molar-refractivity contribution in [3.63, 3.8) is 0 Å². The van der Waals surface area contributed by atoms with Gasteiger partial charge in [0.1, 0.15) is 11.3 Å². The van der Waals surface area contributed by atoms with Crippen LogP contribution in [0.3, 0.4) is 0 Å². The predicted molar refractivity (Wildman–Crippen MR) is 44.9 cm³/mol. The van der Waals surface area contributed by atoms with Gasteiger partial charge in [-0.1, -0.05) is 0 Å². The van der Waals surface area contributed by atoms with E-state index < -0.39 is 32.3 Å². The second-order valence-electron chi connectivity index (χ2n) is 2.46.